The Hall–Kier alpha value is -1.31. The second-order valence-corrected chi connectivity index (χ2v) is 7.57. The predicted molar refractivity (Wildman–Crippen MR) is 82.8 cm³/mol. The maximum absolute atomic E-state index is 12.8. The van der Waals surface area contributed by atoms with Gasteiger partial charge < -0.3 is 14.8 Å². The van der Waals surface area contributed by atoms with Gasteiger partial charge in [0.25, 0.3) is 0 Å². The van der Waals surface area contributed by atoms with E-state index in [2.05, 4.69) is 10.0 Å². The number of piperidine rings is 1. The molecule has 0 radical (unpaired) electrons. The fraction of sp³-hybridized carbons (Fsp3) is 0.600. The zero-order chi connectivity index (χ0) is 15.7. The summed E-state index contributed by atoms with van der Waals surface area (Å²) in [6.07, 6.45) is 3.90. The van der Waals surface area contributed by atoms with Gasteiger partial charge >= 0.3 is 0 Å². The van der Waals surface area contributed by atoms with Crippen LogP contribution in [0.1, 0.15) is 25.7 Å². The fourth-order valence-corrected chi connectivity index (χ4v) is 5.10. The Balaban J connectivity index is 1.87. The van der Waals surface area contributed by atoms with Crippen LogP contribution < -0.4 is 19.5 Å². The van der Waals surface area contributed by atoms with Crippen molar-refractivity contribution in [2.24, 2.45) is 0 Å². The first kappa shape index (κ1) is 15.6. The Morgan fingerprint density at radius 3 is 2.14 bits per heavy atom. The zero-order valence-corrected chi connectivity index (χ0v) is 13.7. The highest BCUT2D eigenvalue weighted by molar-refractivity contribution is 7.89. The van der Waals surface area contributed by atoms with Crippen LogP contribution in [0.3, 0.4) is 0 Å². The van der Waals surface area contributed by atoms with Gasteiger partial charge in [-0.1, -0.05) is 6.07 Å². The summed E-state index contributed by atoms with van der Waals surface area (Å²) in [6, 6.07) is 5.77. The first-order valence-corrected chi connectivity index (χ1v) is 9.01. The number of hydrogen-bond donors (Lipinski definition) is 2. The molecule has 1 aromatic rings. The van der Waals surface area contributed by atoms with Crippen molar-refractivity contribution in [1.82, 2.24) is 10.0 Å². The normalized spacial score (nSPS) is 27.6. The molecule has 0 aromatic heterocycles. The summed E-state index contributed by atoms with van der Waals surface area (Å²) >= 11 is 0. The zero-order valence-electron chi connectivity index (χ0n) is 12.8. The standard InChI is InChI=1S/C15H22N2O4S/c1-20-13-4-3-5-14(21-2)15(13)22(18,19)17-12-8-10-6-7-11(9-12)16-10/h3-5,10-12,16-17H,6-9H2,1-2H3. The van der Waals surface area contributed by atoms with Gasteiger partial charge in [0.2, 0.25) is 10.0 Å². The molecule has 2 fully saturated rings. The first-order valence-electron chi connectivity index (χ1n) is 7.53. The van der Waals surface area contributed by atoms with Crippen LogP contribution in [-0.4, -0.2) is 40.8 Å². The van der Waals surface area contributed by atoms with E-state index in [0.29, 0.717) is 23.6 Å². The fourth-order valence-electron chi connectivity index (χ4n) is 3.51. The van der Waals surface area contributed by atoms with Crippen LogP contribution in [0.4, 0.5) is 0 Å². The summed E-state index contributed by atoms with van der Waals surface area (Å²) in [6.45, 7) is 0. The van der Waals surface area contributed by atoms with Crippen LogP contribution in [0.15, 0.2) is 23.1 Å². The summed E-state index contributed by atoms with van der Waals surface area (Å²) in [5.74, 6) is 0.590. The average Bonchev–Trinajstić information content (AvgIpc) is 2.84. The molecule has 0 saturated carbocycles. The first-order chi connectivity index (χ1) is 10.5. The van der Waals surface area contributed by atoms with Crippen LogP contribution in [-0.2, 0) is 10.0 Å². The number of ether oxygens (including phenoxy) is 2. The molecule has 2 saturated heterocycles. The second kappa shape index (κ2) is 6.06. The van der Waals surface area contributed by atoms with Crippen molar-refractivity contribution in [2.45, 2.75) is 48.7 Å². The molecule has 122 valence electrons. The minimum Gasteiger partial charge on any atom is -0.495 e. The molecule has 2 unspecified atom stereocenters. The molecule has 2 aliphatic rings. The number of methoxy groups -OCH3 is 2. The van der Waals surface area contributed by atoms with Gasteiger partial charge in [-0.05, 0) is 37.8 Å². The molecule has 2 atom stereocenters. The smallest absolute Gasteiger partial charge is 0.248 e. The molecule has 7 heteroatoms. The monoisotopic (exact) mass is 326 g/mol. The van der Waals surface area contributed by atoms with Gasteiger partial charge in [0.05, 0.1) is 14.2 Å². The van der Waals surface area contributed by atoms with Gasteiger partial charge in [-0.25, -0.2) is 13.1 Å². The lowest BCUT2D eigenvalue weighted by Crippen LogP contribution is -2.48. The van der Waals surface area contributed by atoms with Gasteiger partial charge in [0.1, 0.15) is 11.5 Å². The van der Waals surface area contributed by atoms with Crippen molar-refractivity contribution < 1.29 is 17.9 Å². The summed E-state index contributed by atoms with van der Waals surface area (Å²) in [4.78, 5) is 0.0749. The minimum absolute atomic E-state index is 0.0432. The van der Waals surface area contributed by atoms with Crippen molar-refractivity contribution in [3.05, 3.63) is 18.2 Å². The highest BCUT2D eigenvalue weighted by atomic mass is 32.2. The van der Waals surface area contributed by atoms with Crippen molar-refractivity contribution in [1.29, 1.82) is 0 Å². The van der Waals surface area contributed by atoms with E-state index in [1.54, 1.807) is 18.2 Å². The van der Waals surface area contributed by atoms with Crippen molar-refractivity contribution in [3.8, 4) is 11.5 Å². The van der Waals surface area contributed by atoms with E-state index in [-0.39, 0.29) is 10.9 Å². The molecular formula is C15H22N2O4S. The third kappa shape index (κ3) is 2.93. The maximum Gasteiger partial charge on any atom is 0.248 e. The van der Waals surface area contributed by atoms with Crippen LogP contribution in [0.5, 0.6) is 11.5 Å². The highest BCUT2D eigenvalue weighted by Gasteiger charge is 2.36. The summed E-state index contributed by atoms with van der Waals surface area (Å²) < 4.78 is 38.9. The number of fused-ring (bicyclic) bond motifs is 2. The molecule has 22 heavy (non-hydrogen) atoms. The molecule has 2 bridgehead atoms. The molecule has 0 amide bonds. The van der Waals surface area contributed by atoms with E-state index < -0.39 is 10.0 Å². The Morgan fingerprint density at radius 1 is 1.09 bits per heavy atom. The van der Waals surface area contributed by atoms with E-state index in [1.807, 2.05) is 0 Å². The van der Waals surface area contributed by atoms with Crippen LogP contribution in [0.2, 0.25) is 0 Å². The largest absolute Gasteiger partial charge is 0.495 e. The Labute approximate surface area is 131 Å². The number of rotatable bonds is 5. The lowest BCUT2D eigenvalue weighted by atomic mass is 10.0. The van der Waals surface area contributed by atoms with Crippen LogP contribution in [0, 0.1) is 0 Å². The summed E-state index contributed by atoms with van der Waals surface area (Å²) in [7, 11) is -0.778. The van der Waals surface area contributed by atoms with E-state index in [9.17, 15) is 8.42 Å². The molecule has 0 aliphatic carbocycles. The van der Waals surface area contributed by atoms with Gasteiger partial charge in [-0.15, -0.1) is 0 Å². The van der Waals surface area contributed by atoms with Crippen molar-refractivity contribution >= 4 is 10.0 Å². The molecule has 0 spiro atoms. The summed E-state index contributed by atoms with van der Waals surface area (Å²) in [5, 5.41) is 3.51. The molecule has 3 rings (SSSR count). The van der Waals surface area contributed by atoms with Crippen molar-refractivity contribution in [3.63, 3.8) is 0 Å². The van der Waals surface area contributed by atoms with Crippen LogP contribution >= 0.6 is 0 Å². The minimum atomic E-state index is -3.69. The molecule has 2 aliphatic heterocycles. The topological polar surface area (TPSA) is 76.7 Å². The molecule has 2 N–H and O–H groups in total. The Bertz CT molecular complexity index is 613. The Morgan fingerprint density at radius 2 is 1.64 bits per heavy atom. The lowest BCUT2D eigenvalue weighted by Gasteiger charge is -2.29. The SMILES string of the molecule is COc1cccc(OC)c1S(=O)(=O)NC1CC2CCC(C1)N2. The van der Waals surface area contributed by atoms with Crippen LogP contribution in [0.25, 0.3) is 0 Å². The quantitative estimate of drug-likeness (QED) is 0.852. The number of benzene rings is 1. The molecule has 1 aromatic carbocycles. The van der Waals surface area contributed by atoms with Gasteiger partial charge in [-0.2, -0.15) is 0 Å². The number of hydrogen-bond acceptors (Lipinski definition) is 5. The second-order valence-electron chi connectivity index (χ2n) is 5.92. The lowest BCUT2D eigenvalue weighted by molar-refractivity contribution is 0.342. The average molecular weight is 326 g/mol. The molecular weight excluding hydrogens is 304 g/mol. The van der Waals surface area contributed by atoms with E-state index in [0.717, 1.165) is 25.7 Å². The third-order valence-electron chi connectivity index (χ3n) is 4.45. The number of nitrogens with one attached hydrogen (secondary N) is 2. The molecule has 6 nitrogen and oxygen atoms in total. The highest BCUT2D eigenvalue weighted by Crippen LogP contribution is 2.34. The van der Waals surface area contributed by atoms with Gasteiger partial charge in [0.15, 0.2) is 4.90 Å². The summed E-state index contributed by atoms with van der Waals surface area (Å²) in [5.41, 5.74) is 0. The number of sulfonamides is 1. The Kier molecular flexibility index (Phi) is 4.29. The van der Waals surface area contributed by atoms with Gasteiger partial charge in [-0.3, -0.25) is 0 Å². The van der Waals surface area contributed by atoms with E-state index in [1.165, 1.54) is 14.2 Å². The van der Waals surface area contributed by atoms with E-state index >= 15 is 0 Å². The van der Waals surface area contributed by atoms with Crippen molar-refractivity contribution in [2.75, 3.05) is 14.2 Å². The predicted octanol–water partition coefficient (Wildman–Crippen LogP) is 1.27. The molecule has 2 heterocycles. The van der Waals surface area contributed by atoms with Gasteiger partial charge in [0, 0.05) is 18.1 Å². The van der Waals surface area contributed by atoms with E-state index in [4.69, 9.17) is 9.47 Å². The maximum atomic E-state index is 12.8. The third-order valence-corrected chi connectivity index (χ3v) is 6.03.